The number of hydrogen-bond acceptors (Lipinski definition) is 4. The van der Waals surface area contributed by atoms with E-state index < -0.39 is 5.97 Å². The van der Waals surface area contributed by atoms with Crippen molar-refractivity contribution in [2.45, 2.75) is 37.5 Å². The highest BCUT2D eigenvalue weighted by Gasteiger charge is 2.41. The first-order valence-corrected chi connectivity index (χ1v) is 5.93. The van der Waals surface area contributed by atoms with Crippen molar-refractivity contribution in [3.05, 3.63) is 23.7 Å². The van der Waals surface area contributed by atoms with Gasteiger partial charge in [-0.15, -0.1) is 0 Å². The van der Waals surface area contributed by atoms with E-state index in [9.17, 15) is 9.59 Å². The number of fused-ring (bicyclic) bond motifs is 2. The van der Waals surface area contributed by atoms with Crippen molar-refractivity contribution in [2.75, 3.05) is 0 Å². The molecule has 2 saturated heterocycles. The van der Waals surface area contributed by atoms with Crippen LogP contribution in [0.15, 0.2) is 16.5 Å². The fraction of sp³-hybridized carbons (Fsp3) is 0.500. The van der Waals surface area contributed by atoms with E-state index in [0.29, 0.717) is 0 Å². The van der Waals surface area contributed by atoms with Crippen molar-refractivity contribution in [1.82, 2.24) is 5.32 Å². The van der Waals surface area contributed by atoms with Gasteiger partial charge in [0.05, 0.1) is 18.2 Å². The zero-order valence-electron chi connectivity index (χ0n) is 9.59. The molecule has 2 aliphatic rings. The first-order valence-electron chi connectivity index (χ1n) is 5.93. The SMILES string of the molecule is O=C(O)c1ccc(C(=O)NC2CC3CCC2O3)o1. The monoisotopic (exact) mass is 251 g/mol. The van der Waals surface area contributed by atoms with Gasteiger partial charge in [-0.3, -0.25) is 4.79 Å². The highest BCUT2D eigenvalue weighted by molar-refractivity contribution is 5.93. The van der Waals surface area contributed by atoms with E-state index in [1.807, 2.05) is 0 Å². The lowest BCUT2D eigenvalue weighted by atomic mass is 9.95. The molecule has 6 nitrogen and oxygen atoms in total. The molecule has 3 heterocycles. The van der Waals surface area contributed by atoms with Crippen molar-refractivity contribution in [2.24, 2.45) is 0 Å². The summed E-state index contributed by atoms with van der Waals surface area (Å²) < 4.78 is 10.6. The molecule has 96 valence electrons. The summed E-state index contributed by atoms with van der Waals surface area (Å²) in [7, 11) is 0. The second-order valence-corrected chi connectivity index (χ2v) is 4.66. The average molecular weight is 251 g/mol. The number of hydrogen-bond donors (Lipinski definition) is 2. The Morgan fingerprint density at radius 1 is 1.28 bits per heavy atom. The van der Waals surface area contributed by atoms with E-state index in [1.54, 1.807) is 0 Å². The summed E-state index contributed by atoms with van der Waals surface area (Å²) >= 11 is 0. The summed E-state index contributed by atoms with van der Waals surface area (Å²) in [6.07, 6.45) is 3.19. The van der Waals surface area contributed by atoms with Crippen LogP contribution in [0.2, 0.25) is 0 Å². The van der Waals surface area contributed by atoms with Crippen LogP contribution in [0.5, 0.6) is 0 Å². The third kappa shape index (κ3) is 1.88. The molecular weight excluding hydrogens is 238 g/mol. The quantitative estimate of drug-likeness (QED) is 0.837. The minimum atomic E-state index is -1.18. The van der Waals surface area contributed by atoms with Crippen LogP contribution in [0, 0.1) is 0 Å². The van der Waals surface area contributed by atoms with Crippen molar-refractivity contribution in [1.29, 1.82) is 0 Å². The summed E-state index contributed by atoms with van der Waals surface area (Å²) in [6, 6.07) is 2.65. The van der Waals surface area contributed by atoms with Gasteiger partial charge in [0.2, 0.25) is 5.76 Å². The molecule has 6 heteroatoms. The molecule has 0 aromatic carbocycles. The Labute approximate surface area is 103 Å². The number of furan rings is 1. The van der Waals surface area contributed by atoms with Gasteiger partial charge in [-0.25, -0.2) is 4.79 Å². The molecule has 1 aromatic heterocycles. The lowest BCUT2D eigenvalue weighted by Crippen LogP contribution is -2.41. The molecule has 2 fully saturated rings. The number of rotatable bonds is 3. The molecule has 1 amide bonds. The van der Waals surface area contributed by atoms with E-state index in [1.165, 1.54) is 12.1 Å². The van der Waals surface area contributed by atoms with Crippen LogP contribution < -0.4 is 5.32 Å². The van der Waals surface area contributed by atoms with Crippen LogP contribution in [0.4, 0.5) is 0 Å². The standard InChI is InChI=1S/C12H13NO5/c14-11(9-3-4-10(18-9)12(15)16)13-7-5-6-1-2-8(7)17-6/h3-4,6-8H,1-2,5H2,(H,13,14)(H,15,16). The fourth-order valence-electron chi connectivity index (χ4n) is 2.60. The van der Waals surface area contributed by atoms with Crippen molar-refractivity contribution in [3.63, 3.8) is 0 Å². The van der Waals surface area contributed by atoms with Gasteiger partial charge in [-0.05, 0) is 31.4 Å². The molecule has 3 rings (SSSR count). The Kier molecular flexibility index (Phi) is 2.59. The summed E-state index contributed by atoms with van der Waals surface area (Å²) in [5.41, 5.74) is 0. The average Bonchev–Trinajstić information content (AvgIpc) is 3.04. The van der Waals surface area contributed by atoms with Gasteiger partial charge in [-0.2, -0.15) is 0 Å². The van der Waals surface area contributed by atoms with Crippen molar-refractivity contribution < 1.29 is 23.8 Å². The van der Waals surface area contributed by atoms with E-state index in [-0.39, 0.29) is 35.7 Å². The molecule has 3 unspecified atom stereocenters. The number of carboxylic acid groups (broad SMARTS) is 1. The second-order valence-electron chi connectivity index (χ2n) is 4.66. The molecule has 0 spiro atoms. The Morgan fingerprint density at radius 3 is 2.61 bits per heavy atom. The lowest BCUT2D eigenvalue weighted by Gasteiger charge is -2.19. The Bertz CT molecular complexity index is 494. The lowest BCUT2D eigenvalue weighted by molar-refractivity contribution is 0.0658. The first kappa shape index (κ1) is 11.3. The van der Waals surface area contributed by atoms with Gasteiger partial charge in [0.15, 0.2) is 5.76 Å². The molecule has 0 aliphatic carbocycles. The van der Waals surface area contributed by atoms with Gasteiger partial charge in [0, 0.05) is 0 Å². The predicted molar refractivity (Wildman–Crippen MR) is 59.4 cm³/mol. The minimum Gasteiger partial charge on any atom is -0.475 e. The van der Waals surface area contributed by atoms with Gasteiger partial charge in [0.25, 0.3) is 5.91 Å². The van der Waals surface area contributed by atoms with Crippen LogP contribution >= 0.6 is 0 Å². The molecule has 18 heavy (non-hydrogen) atoms. The highest BCUT2D eigenvalue weighted by Crippen LogP contribution is 2.34. The smallest absolute Gasteiger partial charge is 0.371 e. The molecule has 0 radical (unpaired) electrons. The zero-order chi connectivity index (χ0) is 12.7. The Hall–Kier alpha value is -1.82. The largest absolute Gasteiger partial charge is 0.475 e. The summed E-state index contributed by atoms with van der Waals surface area (Å²) in [5, 5.41) is 11.5. The third-order valence-corrected chi connectivity index (χ3v) is 3.46. The van der Waals surface area contributed by atoms with E-state index in [0.717, 1.165) is 19.3 Å². The van der Waals surface area contributed by atoms with Crippen LogP contribution in [-0.2, 0) is 4.74 Å². The van der Waals surface area contributed by atoms with Gasteiger partial charge >= 0.3 is 5.97 Å². The zero-order valence-corrected chi connectivity index (χ0v) is 9.59. The molecule has 0 saturated carbocycles. The van der Waals surface area contributed by atoms with E-state index in [4.69, 9.17) is 14.3 Å². The number of carboxylic acids is 1. The van der Waals surface area contributed by atoms with Gasteiger partial charge < -0.3 is 19.6 Å². The molecule has 3 atom stereocenters. The van der Waals surface area contributed by atoms with Crippen LogP contribution in [0.1, 0.15) is 40.4 Å². The molecule has 2 N–H and O–H groups in total. The molecule has 1 aromatic rings. The van der Waals surface area contributed by atoms with Crippen molar-refractivity contribution >= 4 is 11.9 Å². The van der Waals surface area contributed by atoms with Gasteiger partial charge in [0.1, 0.15) is 0 Å². The van der Waals surface area contributed by atoms with E-state index in [2.05, 4.69) is 5.32 Å². The maximum atomic E-state index is 11.9. The first-order chi connectivity index (χ1) is 8.63. The summed E-state index contributed by atoms with van der Waals surface area (Å²) in [6.45, 7) is 0. The van der Waals surface area contributed by atoms with Crippen molar-refractivity contribution in [3.8, 4) is 0 Å². The third-order valence-electron chi connectivity index (χ3n) is 3.46. The van der Waals surface area contributed by atoms with Gasteiger partial charge in [-0.1, -0.05) is 0 Å². The fourth-order valence-corrected chi connectivity index (χ4v) is 2.60. The topological polar surface area (TPSA) is 88.8 Å². The molecule has 2 aliphatic heterocycles. The maximum Gasteiger partial charge on any atom is 0.371 e. The number of nitrogens with one attached hydrogen (secondary N) is 1. The van der Waals surface area contributed by atoms with Crippen LogP contribution in [0.3, 0.4) is 0 Å². The normalized spacial score (nSPS) is 29.4. The van der Waals surface area contributed by atoms with Crippen LogP contribution in [0.25, 0.3) is 0 Å². The van der Waals surface area contributed by atoms with Crippen LogP contribution in [-0.4, -0.2) is 35.2 Å². The Balaban J connectivity index is 1.65. The second kappa shape index (κ2) is 4.13. The number of aromatic carboxylic acids is 1. The maximum absolute atomic E-state index is 11.9. The minimum absolute atomic E-state index is 0.00891. The Morgan fingerprint density at radius 2 is 2.06 bits per heavy atom. The number of ether oxygens (including phenoxy) is 1. The number of amides is 1. The highest BCUT2D eigenvalue weighted by atomic mass is 16.5. The number of carbonyl (C=O) groups excluding carboxylic acids is 1. The van der Waals surface area contributed by atoms with E-state index >= 15 is 0 Å². The number of carbonyl (C=O) groups is 2. The summed E-state index contributed by atoms with van der Waals surface area (Å²) in [5.74, 6) is -1.78. The predicted octanol–water partition coefficient (Wildman–Crippen LogP) is 1.03. The molecule has 2 bridgehead atoms. The summed E-state index contributed by atoms with van der Waals surface area (Å²) in [4.78, 5) is 22.5. The molecular formula is C12H13NO5.